The predicted octanol–water partition coefficient (Wildman–Crippen LogP) is 4.32. The number of hydrogen-bond donors (Lipinski definition) is 2. The number of halogens is 1. The Hall–Kier alpha value is -1.50. The maximum Gasteiger partial charge on any atom is 0.191 e. The van der Waals surface area contributed by atoms with E-state index in [2.05, 4.69) is 66.7 Å². The van der Waals surface area contributed by atoms with Crippen molar-refractivity contribution in [2.45, 2.75) is 39.8 Å². The van der Waals surface area contributed by atoms with Crippen molar-refractivity contribution in [3.63, 3.8) is 0 Å². The van der Waals surface area contributed by atoms with E-state index in [0.717, 1.165) is 24.7 Å². The van der Waals surface area contributed by atoms with Crippen LogP contribution in [0.5, 0.6) is 5.75 Å². The van der Waals surface area contributed by atoms with Crippen LogP contribution in [0.25, 0.3) is 10.8 Å². The number of ether oxygens (including phenoxy) is 1. The lowest BCUT2D eigenvalue weighted by molar-refractivity contribution is 0.415. The van der Waals surface area contributed by atoms with Crippen LogP contribution in [0, 0.1) is 0 Å². The van der Waals surface area contributed by atoms with Crippen LogP contribution in [0.2, 0.25) is 0 Å². The molecular formula is C19H28IN3O. The molecule has 0 aromatic heterocycles. The third kappa shape index (κ3) is 5.85. The highest BCUT2D eigenvalue weighted by atomic mass is 127. The fraction of sp³-hybridized carbons (Fsp3) is 0.421. The molecule has 0 fully saturated rings. The molecule has 2 aromatic carbocycles. The summed E-state index contributed by atoms with van der Waals surface area (Å²) in [6, 6.07) is 13.0. The van der Waals surface area contributed by atoms with Crippen LogP contribution in [0.4, 0.5) is 0 Å². The van der Waals surface area contributed by atoms with E-state index in [9.17, 15) is 0 Å². The number of benzene rings is 2. The monoisotopic (exact) mass is 441 g/mol. The molecule has 0 radical (unpaired) electrons. The smallest absolute Gasteiger partial charge is 0.191 e. The predicted molar refractivity (Wildman–Crippen MR) is 114 cm³/mol. The van der Waals surface area contributed by atoms with Gasteiger partial charge in [0.05, 0.1) is 13.7 Å². The van der Waals surface area contributed by atoms with E-state index in [0.29, 0.717) is 12.6 Å². The third-order valence-corrected chi connectivity index (χ3v) is 3.87. The van der Waals surface area contributed by atoms with Crippen LogP contribution in [-0.4, -0.2) is 25.7 Å². The largest absolute Gasteiger partial charge is 0.497 e. The van der Waals surface area contributed by atoms with Crippen molar-refractivity contribution in [3.8, 4) is 5.75 Å². The van der Waals surface area contributed by atoms with Gasteiger partial charge in [0.25, 0.3) is 0 Å². The Bertz CT molecular complexity index is 673. The first-order valence-corrected chi connectivity index (χ1v) is 8.27. The van der Waals surface area contributed by atoms with Crippen molar-refractivity contribution in [3.05, 3.63) is 42.0 Å². The van der Waals surface area contributed by atoms with Crippen LogP contribution < -0.4 is 15.4 Å². The summed E-state index contributed by atoms with van der Waals surface area (Å²) in [5.74, 6) is 1.76. The standard InChI is InChI=1S/C19H27N3O.HI/c1-5-14(3)22-19(20-6-2)21-13-15-7-8-17-12-18(23-4)10-9-16(17)11-15;/h7-12,14H,5-6,13H2,1-4H3,(H2,20,21,22);1H. The van der Waals surface area contributed by atoms with Gasteiger partial charge in [0.2, 0.25) is 0 Å². The molecule has 5 heteroatoms. The van der Waals surface area contributed by atoms with E-state index < -0.39 is 0 Å². The molecule has 0 heterocycles. The fourth-order valence-corrected chi connectivity index (χ4v) is 2.32. The van der Waals surface area contributed by atoms with Gasteiger partial charge < -0.3 is 15.4 Å². The van der Waals surface area contributed by atoms with Gasteiger partial charge in [-0.05, 0) is 54.8 Å². The number of aliphatic imine (C=N–C) groups is 1. The molecule has 0 spiro atoms. The van der Waals surface area contributed by atoms with Gasteiger partial charge in [-0.1, -0.05) is 25.1 Å². The maximum atomic E-state index is 5.27. The lowest BCUT2D eigenvalue weighted by Crippen LogP contribution is -2.41. The average molecular weight is 441 g/mol. The molecular weight excluding hydrogens is 413 g/mol. The van der Waals surface area contributed by atoms with E-state index in [1.54, 1.807) is 7.11 Å². The van der Waals surface area contributed by atoms with E-state index in [1.165, 1.54) is 16.3 Å². The number of fused-ring (bicyclic) bond motifs is 1. The molecule has 2 rings (SSSR count). The highest BCUT2D eigenvalue weighted by Crippen LogP contribution is 2.22. The summed E-state index contributed by atoms with van der Waals surface area (Å²) in [5.41, 5.74) is 1.20. The summed E-state index contributed by atoms with van der Waals surface area (Å²) < 4.78 is 5.27. The van der Waals surface area contributed by atoms with Crippen molar-refractivity contribution >= 4 is 40.7 Å². The average Bonchev–Trinajstić information content (AvgIpc) is 2.59. The van der Waals surface area contributed by atoms with E-state index in [-0.39, 0.29) is 24.0 Å². The first-order valence-electron chi connectivity index (χ1n) is 8.27. The molecule has 0 aliphatic heterocycles. The number of methoxy groups -OCH3 is 1. The minimum absolute atomic E-state index is 0. The zero-order valence-electron chi connectivity index (χ0n) is 14.9. The quantitative estimate of drug-likeness (QED) is 0.399. The van der Waals surface area contributed by atoms with Gasteiger partial charge in [-0.25, -0.2) is 4.99 Å². The molecule has 2 aromatic rings. The van der Waals surface area contributed by atoms with E-state index in [4.69, 9.17) is 4.74 Å². The third-order valence-electron chi connectivity index (χ3n) is 3.87. The lowest BCUT2D eigenvalue weighted by Gasteiger charge is -2.16. The van der Waals surface area contributed by atoms with Crippen LogP contribution >= 0.6 is 24.0 Å². The Morgan fingerprint density at radius 1 is 1.12 bits per heavy atom. The lowest BCUT2D eigenvalue weighted by atomic mass is 10.1. The molecule has 1 atom stereocenters. The molecule has 24 heavy (non-hydrogen) atoms. The summed E-state index contributed by atoms with van der Waals surface area (Å²) in [6.45, 7) is 7.93. The van der Waals surface area contributed by atoms with Crippen LogP contribution in [0.15, 0.2) is 41.4 Å². The second-order valence-electron chi connectivity index (χ2n) is 5.70. The Kier molecular flexibility index (Phi) is 8.89. The zero-order chi connectivity index (χ0) is 16.7. The first kappa shape index (κ1) is 20.5. The molecule has 0 aliphatic rings. The van der Waals surface area contributed by atoms with Crippen molar-refractivity contribution in [1.82, 2.24) is 10.6 Å². The van der Waals surface area contributed by atoms with E-state index in [1.807, 2.05) is 6.07 Å². The molecule has 0 saturated heterocycles. The molecule has 0 amide bonds. The summed E-state index contributed by atoms with van der Waals surface area (Å²) in [4.78, 5) is 4.68. The number of hydrogen-bond acceptors (Lipinski definition) is 2. The van der Waals surface area contributed by atoms with Crippen LogP contribution in [0.3, 0.4) is 0 Å². The second kappa shape index (κ2) is 10.4. The highest BCUT2D eigenvalue weighted by Gasteiger charge is 2.03. The molecule has 2 N–H and O–H groups in total. The molecule has 1 unspecified atom stereocenters. The minimum atomic E-state index is 0. The number of guanidine groups is 1. The first-order chi connectivity index (χ1) is 11.2. The van der Waals surface area contributed by atoms with Crippen LogP contribution in [0.1, 0.15) is 32.8 Å². The summed E-state index contributed by atoms with van der Waals surface area (Å²) in [7, 11) is 1.69. The van der Waals surface area contributed by atoms with Crippen molar-refractivity contribution in [2.75, 3.05) is 13.7 Å². The van der Waals surface area contributed by atoms with Gasteiger partial charge in [-0.3, -0.25) is 0 Å². The summed E-state index contributed by atoms with van der Waals surface area (Å²) >= 11 is 0. The molecule has 4 nitrogen and oxygen atoms in total. The molecule has 0 bridgehead atoms. The topological polar surface area (TPSA) is 45.7 Å². The number of rotatable bonds is 6. The van der Waals surface area contributed by atoms with Crippen LogP contribution in [-0.2, 0) is 6.54 Å². The van der Waals surface area contributed by atoms with Gasteiger partial charge in [0, 0.05) is 12.6 Å². The van der Waals surface area contributed by atoms with Gasteiger partial charge in [0.15, 0.2) is 5.96 Å². The zero-order valence-corrected chi connectivity index (χ0v) is 17.3. The van der Waals surface area contributed by atoms with Gasteiger partial charge in [-0.15, -0.1) is 24.0 Å². The Morgan fingerprint density at radius 3 is 2.50 bits per heavy atom. The van der Waals surface area contributed by atoms with E-state index >= 15 is 0 Å². The Balaban J connectivity index is 0.00000288. The SMILES string of the molecule is CCNC(=NCc1ccc2cc(OC)ccc2c1)NC(C)CC.I. The Morgan fingerprint density at radius 2 is 1.83 bits per heavy atom. The second-order valence-corrected chi connectivity index (χ2v) is 5.70. The minimum Gasteiger partial charge on any atom is -0.497 e. The van der Waals surface area contributed by atoms with Crippen molar-refractivity contribution < 1.29 is 4.74 Å². The summed E-state index contributed by atoms with van der Waals surface area (Å²) in [5, 5.41) is 9.09. The van der Waals surface area contributed by atoms with Gasteiger partial charge >= 0.3 is 0 Å². The normalized spacial score (nSPS) is 12.4. The highest BCUT2D eigenvalue weighted by molar-refractivity contribution is 14.0. The van der Waals surface area contributed by atoms with Crippen molar-refractivity contribution in [2.24, 2.45) is 4.99 Å². The van der Waals surface area contributed by atoms with Gasteiger partial charge in [-0.2, -0.15) is 0 Å². The van der Waals surface area contributed by atoms with Crippen molar-refractivity contribution in [1.29, 1.82) is 0 Å². The summed E-state index contributed by atoms with van der Waals surface area (Å²) in [6.07, 6.45) is 1.07. The number of nitrogens with one attached hydrogen (secondary N) is 2. The van der Waals surface area contributed by atoms with Gasteiger partial charge in [0.1, 0.15) is 5.75 Å². The number of nitrogens with zero attached hydrogens (tertiary/aromatic N) is 1. The molecule has 0 aliphatic carbocycles. The maximum absolute atomic E-state index is 5.27. The molecule has 132 valence electrons. The Labute approximate surface area is 162 Å². The fourth-order valence-electron chi connectivity index (χ4n) is 2.32. The molecule has 0 saturated carbocycles.